The second-order valence-corrected chi connectivity index (χ2v) is 8.43. The van der Waals surface area contributed by atoms with Crippen molar-refractivity contribution in [2.24, 2.45) is 0 Å². The summed E-state index contributed by atoms with van der Waals surface area (Å²) in [6.07, 6.45) is -5.02. The number of benzene rings is 2. The lowest BCUT2D eigenvalue weighted by Crippen LogP contribution is -2.69. The second kappa shape index (κ2) is 11.3. The maximum absolute atomic E-state index is 12.0. The summed E-state index contributed by atoms with van der Waals surface area (Å²) in [6, 6.07) is 12.6. The molecule has 9 nitrogen and oxygen atoms in total. The standard InChI is InChI=1S/C25H33NO8/c1-4-10-32-14-25(31)22(29)21(28)20(13-27)34-24(25)33-19-9-8-17(11-15(19)2)16-6-5-7-18(12-16)23(30)26-3/h5-9,11-12,20-22,24,27-29,31H,4,10,13-14H2,1-3H3,(H,26,30)/t20-,21-,22+,24+,25+/m1/s1. The first kappa shape index (κ1) is 26.1. The minimum absolute atomic E-state index is 0.184. The number of ether oxygens (including phenoxy) is 3. The topological polar surface area (TPSA) is 138 Å². The molecule has 5 atom stereocenters. The zero-order valence-corrected chi connectivity index (χ0v) is 19.6. The average Bonchev–Trinajstić information content (AvgIpc) is 2.85. The highest BCUT2D eigenvalue weighted by atomic mass is 16.7. The van der Waals surface area contributed by atoms with Crippen molar-refractivity contribution >= 4 is 5.91 Å². The Hall–Kier alpha value is -2.53. The Morgan fingerprint density at radius 1 is 1.18 bits per heavy atom. The number of carbonyl (C=O) groups is 1. The van der Waals surface area contributed by atoms with Crippen molar-refractivity contribution in [1.29, 1.82) is 0 Å². The van der Waals surface area contributed by atoms with Gasteiger partial charge >= 0.3 is 0 Å². The van der Waals surface area contributed by atoms with Gasteiger partial charge in [0.25, 0.3) is 5.91 Å². The van der Waals surface area contributed by atoms with Crippen molar-refractivity contribution in [2.45, 2.75) is 50.5 Å². The number of aliphatic hydroxyl groups is 4. The van der Waals surface area contributed by atoms with Gasteiger partial charge in [0.15, 0.2) is 5.60 Å². The molecule has 0 aliphatic carbocycles. The van der Waals surface area contributed by atoms with Gasteiger partial charge in [-0.3, -0.25) is 4.79 Å². The van der Waals surface area contributed by atoms with Crippen LogP contribution < -0.4 is 10.1 Å². The molecule has 0 saturated carbocycles. The summed E-state index contributed by atoms with van der Waals surface area (Å²) in [4.78, 5) is 12.0. The fourth-order valence-corrected chi connectivity index (χ4v) is 3.87. The molecule has 0 spiro atoms. The Kier molecular flexibility index (Phi) is 8.64. The highest BCUT2D eigenvalue weighted by Gasteiger charge is 2.56. The zero-order valence-electron chi connectivity index (χ0n) is 19.6. The van der Waals surface area contributed by atoms with Gasteiger partial charge in [0, 0.05) is 19.2 Å². The van der Waals surface area contributed by atoms with E-state index in [-0.39, 0.29) is 12.5 Å². The normalized spacial score (nSPS) is 26.8. The summed E-state index contributed by atoms with van der Waals surface area (Å²) in [6.45, 7) is 3.16. The minimum atomic E-state index is -2.06. The van der Waals surface area contributed by atoms with Crippen LogP contribution in [-0.4, -0.2) is 83.4 Å². The average molecular weight is 476 g/mol. The van der Waals surface area contributed by atoms with E-state index in [1.54, 1.807) is 37.4 Å². The van der Waals surface area contributed by atoms with Gasteiger partial charge in [-0.1, -0.05) is 25.1 Å². The molecule has 34 heavy (non-hydrogen) atoms. The van der Waals surface area contributed by atoms with Gasteiger partial charge in [-0.25, -0.2) is 0 Å². The van der Waals surface area contributed by atoms with Crippen molar-refractivity contribution < 1.29 is 39.4 Å². The first-order chi connectivity index (χ1) is 16.2. The molecule has 1 aliphatic heterocycles. The molecule has 1 fully saturated rings. The van der Waals surface area contributed by atoms with E-state index in [0.29, 0.717) is 29.9 Å². The van der Waals surface area contributed by atoms with Crippen LogP contribution in [0.2, 0.25) is 0 Å². The van der Waals surface area contributed by atoms with E-state index >= 15 is 0 Å². The summed E-state index contributed by atoms with van der Waals surface area (Å²) in [5.74, 6) is 0.196. The van der Waals surface area contributed by atoms with Gasteiger partial charge in [0.1, 0.15) is 24.1 Å². The molecule has 2 aromatic carbocycles. The quantitative estimate of drug-likeness (QED) is 0.339. The number of carbonyl (C=O) groups excluding carboxylic acids is 1. The van der Waals surface area contributed by atoms with Gasteiger partial charge in [-0.05, 0) is 54.3 Å². The van der Waals surface area contributed by atoms with Crippen LogP contribution in [0.25, 0.3) is 11.1 Å². The van der Waals surface area contributed by atoms with E-state index in [4.69, 9.17) is 14.2 Å². The predicted octanol–water partition coefficient (Wildman–Crippen LogP) is 0.997. The molecule has 1 aliphatic rings. The molecule has 186 valence electrons. The molecular weight excluding hydrogens is 442 g/mol. The molecule has 1 amide bonds. The molecule has 3 rings (SSSR count). The molecule has 0 aromatic heterocycles. The van der Waals surface area contributed by atoms with Gasteiger partial charge in [-0.15, -0.1) is 0 Å². The molecule has 9 heteroatoms. The van der Waals surface area contributed by atoms with E-state index in [2.05, 4.69) is 5.32 Å². The first-order valence-corrected chi connectivity index (χ1v) is 11.3. The van der Waals surface area contributed by atoms with Crippen molar-refractivity contribution in [2.75, 3.05) is 26.9 Å². The molecule has 0 unspecified atom stereocenters. The molecule has 5 N–H and O–H groups in total. The lowest BCUT2D eigenvalue weighted by Gasteiger charge is -2.47. The van der Waals surface area contributed by atoms with Crippen LogP contribution in [0.5, 0.6) is 5.75 Å². The van der Waals surface area contributed by atoms with Gasteiger partial charge < -0.3 is 40.0 Å². The van der Waals surface area contributed by atoms with Crippen LogP contribution in [-0.2, 0) is 9.47 Å². The van der Waals surface area contributed by atoms with E-state index < -0.39 is 36.8 Å². The van der Waals surface area contributed by atoms with Crippen LogP contribution >= 0.6 is 0 Å². The smallest absolute Gasteiger partial charge is 0.251 e. The summed E-state index contributed by atoms with van der Waals surface area (Å²) in [5.41, 5.74) is 0.879. The molecular formula is C25H33NO8. The van der Waals surface area contributed by atoms with E-state index in [1.165, 1.54) is 0 Å². The summed E-state index contributed by atoms with van der Waals surface area (Å²) in [7, 11) is 1.57. The second-order valence-electron chi connectivity index (χ2n) is 8.43. The molecule has 0 bridgehead atoms. The van der Waals surface area contributed by atoms with Crippen LogP contribution in [0.15, 0.2) is 42.5 Å². The number of nitrogens with one attached hydrogen (secondary N) is 1. The van der Waals surface area contributed by atoms with Crippen molar-refractivity contribution in [3.05, 3.63) is 53.6 Å². The van der Waals surface area contributed by atoms with E-state index in [9.17, 15) is 25.2 Å². The highest BCUT2D eigenvalue weighted by molar-refractivity contribution is 5.95. The van der Waals surface area contributed by atoms with Crippen LogP contribution in [0.3, 0.4) is 0 Å². The number of hydrogen-bond donors (Lipinski definition) is 5. The Bertz CT molecular complexity index is 983. The number of hydrogen-bond acceptors (Lipinski definition) is 8. The molecule has 1 saturated heterocycles. The summed E-state index contributed by atoms with van der Waals surface area (Å²) < 4.78 is 17.0. The SMILES string of the molecule is CCCOC[C@@]1(O)[C@@H](Oc2ccc(-c3cccc(C(=O)NC)c3)cc2C)O[C@H](CO)[C@@H](O)[C@@H]1O. The third-order valence-corrected chi connectivity index (χ3v) is 5.88. The van der Waals surface area contributed by atoms with Crippen LogP contribution in [0.4, 0.5) is 0 Å². The van der Waals surface area contributed by atoms with E-state index in [0.717, 1.165) is 11.1 Å². The van der Waals surface area contributed by atoms with E-state index in [1.807, 2.05) is 26.0 Å². The number of aliphatic hydroxyl groups excluding tert-OH is 3. The monoisotopic (exact) mass is 475 g/mol. The predicted molar refractivity (Wildman–Crippen MR) is 124 cm³/mol. The Morgan fingerprint density at radius 3 is 2.56 bits per heavy atom. The van der Waals surface area contributed by atoms with Gasteiger partial charge in [0.2, 0.25) is 6.29 Å². The van der Waals surface area contributed by atoms with Gasteiger partial charge in [0.05, 0.1) is 13.2 Å². The summed E-state index contributed by atoms with van der Waals surface area (Å²) in [5, 5.41) is 44.2. The third-order valence-electron chi connectivity index (χ3n) is 5.88. The third kappa shape index (κ3) is 5.41. The number of amides is 1. The Labute approximate surface area is 198 Å². The van der Waals surface area contributed by atoms with Crippen LogP contribution in [0.1, 0.15) is 29.3 Å². The molecule has 2 aromatic rings. The number of aryl methyl sites for hydroxylation is 1. The highest BCUT2D eigenvalue weighted by Crippen LogP contribution is 2.34. The van der Waals surface area contributed by atoms with Crippen molar-refractivity contribution in [3.8, 4) is 16.9 Å². The van der Waals surface area contributed by atoms with Crippen molar-refractivity contribution in [3.63, 3.8) is 0 Å². The Balaban J connectivity index is 1.87. The first-order valence-electron chi connectivity index (χ1n) is 11.3. The number of rotatable bonds is 9. The fraction of sp³-hybridized carbons (Fsp3) is 0.480. The van der Waals surface area contributed by atoms with Gasteiger partial charge in [-0.2, -0.15) is 0 Å². The lowest BCUT2D eigenvalue weighted by molar-refractivity contribution is -0.330. The molecule has 0 radical (unpaired) electrons. The summed E-state index contributed by atoms with van der Waals surface area (Å²) >= 11 is 0. The fourth-order valence-electron chi connectivity index (χ4n) is 3.87. The largest absolute Gasteiger partial charge is 0.461 e. The van der Waals surface area contributed by atoms with Crippen molar-refractivity contribution in [1.82, 2.24) is 5.32 Å². The maximum Gasteiger partial charge on any atom is 0.251 e. The maximum atomic E-state index is 12.0. The van der Waals surface area contributed by atoms with Crippen LogP contribution in [0, 0.1) is 6.92 Å². The Morgan fingerprint density at radius 2 is 1.91 bits per heavy atom. The zero-order chi connectivity index (χ0) is 24.9. The lowest BCUT2D eigenvalue weighted by atomic mass is 9.87. The minimum Gasteiger partial charge on any atom is -0.461 e. The molecule has 1 heterocycles.